The van der Waals surface area contributed by atoms with Gasteiger partial charge in [-0.25, -0.2) is 4.68 Å². The molecule has 78 valence electrons. The summed E-state index contributed by atoms with van der Waals surface area (Å²) < 4.78 is 2.44. The van der Waals surface area contributed by atoms with Crippen molar-refractivity contribution in [2.24, 2.45) is 5.41 Å². The quantitative estimate of drug-likeness (QED) is 0.765. The molecule has 0 atom stereocenters. The molecule has 0 amide bonds. The Bertz CT molecular complexity index is 348. The van der Waals surface area contributed by atoms with E-state index in [0.29, 0.717) is 10.2 Å². The number of tetrazole rings is 1. The van der Waals surface area contributed by atoms with Crippen molar-refractivity contribution in [3.63, 3.8) is 0 Å². The van der Waals surface area contributed by atoms with E-state index in [1.807, 2.05) is 4.68 Å². The third-order valence-electron chi connectivity index (χ3n) is 3.13. The molecule has 0 bridgehead atoms. The summed E-state index contributed by atoms with van der Waals surface area (Å²) in [5.41, 5.74) is 0.380. The Morgan fingerprint density at radius 2 is 2.14 bits per heavy atom. The molecule has 1 heterocycles. The largest absolute Gasteiger partial charge is 0.242 e. The van der Waals surface area contributed by atoms with Crippen molar-refractivity contribution in [2.75, 3.05) is 0 Å². The topological polar surface area (TPSA) is 46.5 Å². The second-order valence-electron chi connectivity index (χ2n) is 4.54. The van der Waals surface area contributed by atoms with E-state index in [0.717, 1.165) is 6.54 Å². The van der Waals surface area contributed by atoms with Crippen molar-refractivity contribution in [3.05, 3.63) is 4.77 Å². The molecule has 0 radical (unpaired) electrons. The highest BCUT2D eigenvalue weighted by molar-refractivity contribution is 7.71. The fourth-order valence-electron chi connectivity index (χ4n) is 2.26. The summed E-state index contributed by atoms with van der Waals surface area (Å²) >= 11 is 5.06. The van der Waals surface area contributed by atoms with E-state index in [4.69, 9.17) is 12.2 Å². The zero-order chi connectivity index (χ0) is 10.0. The highest BCUT2D eigenvalue weighted by Crippen LogP contribution is 2.36. The number of nitrogens with one attached hydrogen (secondary N) is 1. The zero-order valence-electron chi connectivity index (χ0n) is 8.49. The maximum Gasteiger partial charge on any atom is 0.238 e. The van der Waals surface area contributed by atoms with Gasteiger partial charge < -0.3 is 0 Å². The van der Waals surface area contributed by atoms with Gasteiger partial charge in [0.2, 0.25) is 4.77 Å². The van der Waals surface area contributed by atoms with Gasteiger partial charge >= 0.3 is 0 Å². The number of H-pyrrole nitrogens is 1. The van der Waals surface area contributed by atoms with Crippen LogP contribution in [-0.4, -0.2) is 20.2 Å². The molecule has 1 N–H and O–H groups in total. The van der Waals surface area contributed by atoms with Crippen LogP contribution in [-0.2, 0) is 6.54 Å². The second kappa shape index (κ2) is 3.81. The fourth-order valence-corrected chi connectivity index (χ4v) is 2.41. The van der Waals surface area contributed by atoms with Crippen molar-refractivity contribution in [1.82, 2.24) is 20.2 Å². The molecule has 0 aliphatic heterocycles. The van der Waals surface area contributed by atoms with Crippen LogP contribution in [0.3, 0.4) is 0 Å². The molecule has 0 unspecified atom stereocenters. The van der Waals surface area contributed by atoms with Crippen LogP contribution in [0.5, 0.6) is 0 Å². The molecule has 4 nitrogen and oxygen atoms in total. The molecule has 0 spiro atoms. The number of hydrogen-bond donors (Lipinski definition) is 1. The van der Waals surface area contributed by atoms with Gasteiger partial charge in [0.25, 0.3) is 0 Å². The Balaban J connectivity index is 2.09. The summed E-state index contributed by atoms with van der Waals surface area (Å²) in [6.07, 6.45) is 6.63. The van der Waals surface area contributed by atoms with Crippen LogP contribution in [0.4, 0.5) is 0 Å². The Kier molecular flexibility index (Phi) is 2.67. The molecule has 1 aromatic heterocycles. The molecular formula is C9H16N4S. The van der Waals surface area contributed by atoms with Crippen LogP contribution in [0.1, 0.15) is 39.0 Å². The standard InChI is InChI=1S/C9H16N4S/c1-9(5-3-2-4-6-9)7-13-8(14)10-11-12-13/h2-7H2,1H3,(H,10,12,14). The lowest BCUT2D eigenvalue weighted by atomic mass is 9.76. The van der Waals surface area contributed by atoms with Crippen molar-refractivity contribution in [2.45, 2.75) is 45.6 Å². The summed E-state index contributed by atoms with van der Waals surface area (Å²) in [7, 11) is 0. The molecule has 1 fully saturated rings. The van der Waals surface area contributed by atoms with Crippen molar-refractivity contribution in [3.8, 4) is 0 Å². The first-order valence-corrected chi connectivity index (χ1v) is 5.58. The molecule has 0 saturated heterocycles. The van der Waals surface area contributed by atoms with Crippen LogP contribution in [0.25, 0.3) is 0 Å². The summed E-state index contributed by atoms with van der Waals surface area (Å²) in [6.45, 7) is 3.26. The van der Waals surface area contributed by atoms with E-state index in [2.05, 4.69) is 22.4 Å². The fraction of sp³-hybridized carbons (Fsp3) is 0.889. The molecule has 5 heteroatoms. The molecular weight excluding hydrogens is 196 g/mol. The van der Waals surface area contributed by atoms with Gasteiger partial charge in [0.1, 0.15) is 0 Å². The van der Waals surface area contributed by atoms with Gasteiger partial charge in [-0.2, -0.15) is 5.21 Å². The van der Waals surface area contributed by atoms with Gasteiger partial charge in [0.05, 0.1) is 0 Å². The highest BCUT2D eigenvalue weighted by atomic mass is 32.1. The third kappa shape index (κ3) is 2.03. The van der Waals surface area contributed by atoms with Gasteiger partial charge in [-0.05, 0) is 30.5 Å². The van der Waals surface area contributed by atoms with Crippen LogP contribution in [0.2, 0.25) is 0 Å². The number of hydrogen-bond acceptors (Lipinski definition) is 3. The first-order valence-electron chi connectivity index (χ1n) is 5.18. The average molecular weight is 212 g/mol. The van der Waals surface area contributed by atoms with Gasteiger partial charge in [-0.3, -0.25) is 0 Å². The number of aromatic nitrogens is 4. The van der Waals surface area contributed by atoms with Crippen LogP contribution >= 0.6 is 12.2 Å². The maximum absolute atomic E-state index is 5.06. The molecule has 1 aromatic rings. The Morgan fingerprint density at radius 1 is 1.43 bits per heavy atom. The summed E-state index contributed by atoms with van der Waals surface area (Å²) in [4.78, 5) is 0. The van der Waals surface area contributed by atoms with E-state index >= 15 is 0 Å². The molecule has 14 heavy (non-hydrogen) atoms. The van der Waals surface area contributed by atoms with Crippen LogP contribution < -0.4 is 0 Å². The van der Waals surface area contributed by atoms with E-state index in [1.165, 1.54) is 32.1 Å². The SMILES string of the molecule is CC1(Cn2[nH]nnc2=S)CCCCC1. The molecule has 1 aliphatic carbocycles. The molecule has 2 rings (SSSR count). The predicted octanol–water partition coefficient (Wildman–Crippen LogP) is 2.31. The van der Waals surface area contributed by atoms with Gasteiger partial charge in [-0.15, -0.1) is 0 Å². The number of aromatic amines is 1. The lowest BCUT2D eigenvalue weighted by Gasteiger charge is -2.33. The van der Waals surface area contributed by atoms with Crippen molar-refractivity contribution >= 4 is 12.2 Å². The monoisotopic (exact) mass is 212 g/mol. The predicted molar refractivity (Wildman–Crippen MR) is 56.4 cm³/mol. The highest BCUT2D eigenvalue weighted by Gasteiger charge is 2.27. The second-order valence-corrected chi connectivity index (χ2v) is 4.91. The normalized spacial score (nSPS) is 20.9. The maximum atomic E-state index is 5.06. The molecule has 1 saturated carbocycles. The van der Waals surface area contributed by atoms with E-state index in [9.17, 15) is 0 Å². The van der Waals surface area contributed by atoms with Crippen molar-refractivity contribution in [1.29, 1.82) is 0 Å². The third-order valence-corrected chi connectivity index (χ3v) is 3.43. The van der Waals surface area contributed by atoms with Gasteiger partial charge in [0, 0.05) is 6.54 Å². The van der Waals surface area contributed by atoms with Gasteiger partial charge in [-0.1, -0.05) is 36.5 Å². The smallest absolute Gasteiger partial charge is 0.238 e. The Morgan fingerprint density at radius 3 is 2.71 bits per heavy atom. The first-order chi connectivity index (χ1) is 6.70. The van der Waals surface area contributed by atoms with E-state index in [1.54, 1.807) is 0 Å². The minimum absolute atomic E-state index is 0.380. The van der Waals surface area contributed by atoms with Crippen molar-refractivity contribution < 1.29 is 0 Å². The zero-order valence-corrected chi connectivity index (χ0v) is 9.31. The van der Waals surface area contributed by atoms with E-state index < -0.39 is 0 Å². The van der Waals surface area contributed by atoms with Crippen LogP contribution in [0.15, 0.2) is 0 Å². The minimum Gasteiger partial charge on any atom is -0.242 e. The first kappa shape index (κ1) is 9.83. The Hall–Kier alpha value is -0.710. The van der Waals surface area contributed by atoms with Crippen LogP contribution in [0, 0.1) is 10.2 Å². The lowest BCUT2D eigenvalue weighted by molar-refractivity contribution is 0.173. The molecule has 1 aliphatic rings. The average Bonchev–Trinajstić information content (AvgIpc) is 2.52. The lowest BCUT2D eigenvalue weighted by Crippen LogP contribution is -2.26. The summed E-state index contributed by atoms with van der Waals surface area (Å²) in [5.74, 6) is 0. The number of nitrogens with zero attached hydrogens (tertiary/aromatic N) is 3. The summed E-state index contributed by atoms with van der Waals surface area (Å²) in [5, 5.41) is 10.3. The summed E-state index contributed by atoms with van der Waals surface area (Å²) in [6, 6.07) is 0. The van der Waals surface area contributed by atoms with Gasteiger partial charge in [0.15, 0.2) is 0 Å². The Labute approximate surface area is 88.7 Å². The number of rotatable bonds is 2. The minimum atomic E-state index is 0.380. The molecule has 0 aromatic carbocycles. The van der Waals surface area contributed by atoms with E-state index in [-0.39, 0.29) is 0 Å².